The van der Waals surface area contributed by atoms with Crippen LogP contribution >= 0.6 is 15.9 Å². The van der Waals surface area contributed by atoms with Gasteiger partial charge < -0.3 is 4.74 Å². The Morgan fingerprint density at radius 2 is 2.31 bits per heavy atom. The van der Waals surface area contributed by atoms with Gasteiger partial charge in [-0.3, -0.25) is 4.79 Å². The number of nitriles is 1. The first-order chi connectivity index (χ1) is 7.58. The van der Waals surface area contributed by atoms with Crippen LogP contribution in [0.4, 0.5) is 4.39 Å². The quantitative estimate of drug-likeness (QED) is 0.802. The molecule has 0 atom stereocenters. The topological polar surface area (TPSA) is 50.1 Å². The maximum Gasteiger partial charge on any atom is 0.310 e. The molecule has 0 heterocycles. The number of nitrogens with zero attached hydrogens (tertiary/aromatic N) is 1. The van der Waals surface area contributed by atoms with Gasteiger partial charge in [0.05, 0.1) is 18.6 Å². The lowest BCUT2D eigenvalue weighted by molar-refractivity contribution is -0.142. The van der Waals surface area contributed by atoms with E-state index in [0.29, 0.717) is 10.0 Å². The van der Waals surface area contributed by atoms with Crippen molar-refractivity contribution in [3.05, 3.63) is 33.5 Å². The van der Waals surface area contributed by atoms with Crippen molar-refractivity contribution in [1.82, 2.24) is 0 Å². The molecule has 0 aliphatic heterocycles. The van der Waals surface area contributed by atoms with Gasteiger partial charge in [0.2, 0.25) is 0 Å². The molecular formula is C11H9BrFNO2. The molecule has 16 heavy (non-hydrogen) atoms. The Bertz CT molecular complexity index is 454. The maximum atomic E-state index is 13.3. The van der Waals surface area contributed by atoms with Gasteiger partial charge in [0.25, 0.3) is 0 Å². The highest BCUT2D eigenvalue weighted by molar-refractivity contribution is 9.10. The average Bonchev–Trinajstić information content (AvgIpc) is 2.23. The third kappa shape index (κ3) is 3.04. The molecule has 0 aromatic heterocycles. The van der Waals surface area contributed by atoms with Crippen molar-refractivity contribution in [1.29, 1.82) is 5.26 Å². The number of benzene rings is 1. The Morgan fingerprint density at radius 1 is 1.62 bits per heavy atom. The van der Waals surface area contributed by atoms with Gasteiger partial charge in [-0.2, -0.15) is 5.26 Å². The van der Waals surface area contributed by atoms with E-state index in [9.17, 15) is 9.18 Å². The summed E-state index contributed by atoms with van der Waals surface area (Å²) in [7, 11) is 0. The van der Waals surface area contributed by atoms with Crippen LogP contribution in [0.5, 0.6) is 0 Å². The fraction of sp³-hybridized carbons (Fsp3) is 0.273. The summed E-state index contributed by atoms with van der Waals surface area (Å²) in [5.74, 6) is -1.06. The molecular weight excluding hydrogens is 277 g/mol. The molecule has 0 saturated carbocycles. The van der Waals surface area contributed by atoms with Crippen LogP contribution in [0.25, 0.3) is 0 Å². The normalized spacial score (nSPS) is 9.62. The molecule has 5 heteroatoms. The van der Waals surface area contributed by atoms with E-state index in [-0.39, 0.29) is 18.6 Å². The summed E-state index contributed by atoms with van der Waals surface area (Å²) in [6.07, 6.45) is -0.0168. The highest BCUT2D eigenvalue weighted by atomic mass is 79.9. The zero-order valence-electron chi connectivity index (χ0n) is 8.59. The maximum absolute atomic E-state index is 13.3. The van der Waals surface area contributed by atoms with Gasteiger partial charge in [-0.25, -0.2) is 4.39 Å². The van der Waals surface area contributed by atoms with Gasteiger partial charge in [-0.05, 0) is 24.6 Å². The Hall–Kier alpha value is -1.41. The number of esters is 1. The molecule has 1 rings (SSSR count). The predicted molar refractivity (Wildman–Crippen MR) is 59.2 cm³/mol. The molecule has 0 saturated heterocycles. The van der Waals surface area contributed by atoms with Crippen LogP contribution in [0.15, 0.2) is 16.6 Å². The number of rotatable bonds is 3. The average molecular weight is 286 g/mol. The molecule has 0 radical (unpaired) electrons. The minimum Gasteiger partial charge on any atom is -0.466 e. The van der Waals surface area contributed by atoms with E-state index >= 15 is 0 Å². The molecule has 0 spiro atoms. The van der Waals surface area contributed by atoms with Crippen LogP contribution in [0.2, 0.25) is 0 Å². The summed E-state index contributed by atoms with van der Waals surface area (Å²) in [6.45, 7) is 1.99. The van der Waals surface area contributed by atoms with Crippen molar-refractivity contribution in [2.75, 3.05) is 6.61 Å². The van der Waals surface area contributed by atoms with E-state index in [2.05, 4.69) is 15.9 Å². The Kier molecular flexibility index (Phi) is 4.44. The van der Waals surface area contributed by atoms with Crippen LogP contribution in [0.1, 0.15) is 18.1 Å². The summed E-state index contributed by atoms with van der Waals surface area (Å²) >= 11 is 3.18. The van der Waals surface area contributed by atoms with Gasteiger partial charge in [0.15, 0.2) is 0 Å². The Balaban J connectivity index is 2.95. The minimum atomic E-state index is -0.634. The molecule has 0 N–H and O–H groups in total. The molecule has 0 fully saturated rings. The van der Waals surface area contributed by atoms with Gasteiger partial charge >= 0.3 is 5.97 Å². The lowest BCUT2D eigenvalue weighted by Crippen LogP contribution is -2.08. The van der Waals surface area contributed by atoms with Crippen LogP contribution < -0.4 is 0 Å². The lowest BCUT2D eigenvalue weighted by Gasteiger charge is -2.05. The highest BCUT2D eigenvalue weighted by Gasteiger charge is 2.11. The molecule has 0 aliphatic rings. The van der Waals surface area contributed by atoms with E-state index < -0.39 is 11.8 Å². The number of hydrogen-bond donors (Lipinski definition) is 0. The minimum absolute atomic E-state index is 0.0168. The molecule has 0 unspecified atom stereocenters. The van der Waals surface area contributed by atoms with E-state index in [1.54, 1.807) is 13.0 Å². The van der Waals surface area contributed by atoms with E-state index in [1.807, 2.05) is 0 Å². The largest absolute Gasteiger partial charge is 0.466 e. The molecule has 0 bridgehead atoms. The molecule has 3 nitrogen and oxygen atoms in total. The summed E-state index contributed by atoms with van der Waals surface area (Å²) in [6, 6.07) is 4.24. The number of ether oxygens (including phenoxy) is 1. The van der Waals surface area contributed by atoms with Crippen molar-refractivity contribution < 1.29 is 13.9 Å². The zero-order chi connectivity index (χ0) is 12.1. The molecule has 84 valence electrons. The van der Waals surface area contributed by atoms with Gasteiger partial charge in [-0.1, -0.05) is 15.9 Å². The first kappa shape index (κ1) is 12.7. The summed E-state index contributed by atoms with van der Waals surface area (Å²) in [5.41, 5.74) is 0.412. The van der Waals surface area contributed by atoms with Crippen molar-refractivity contribution in [2.24, 2.45) is 0 Å². The number of carbonyl (C=O) groups is 1. The standard InChI is InChI=1S/C11H9BrFNO2/c1-2-16-11(15)5-7-4-10(13)8(6-14)3-9(7)12/h3-4H,2,5H2,1H3. The number of carbonyl (C=O) groups excluding carboxylic acids is 1. The first-order valence-electron chi connectivity index (χ1n) is 4.62. The van der Waals surface area contributed by atoms with Gasteiger partial charge in [-0.15, -0.1) is 0 Å². The van der Waals surface area contributed by atoms with Crippen molar-refractivity contribution in [3.63, 3.8) is 0 Å². The van der Waals surface area contributed by atoms with Crippen molar-refractivity contribution in [2.45, 2.75) is 13.3 Å². The monoisotopic (exact) mass is 285 g/mol. The molecule has 1 aromatic carbocycles. The second-order valence-corrected chi connectivity index (χ2v) is 3.87. The predicted octanol–water partition coefficient (Wildman–Crippen LogP) is 2.57. The van der Waals surface area contributed by atoms with Gasteiger partial charge in [0.1, 0.15) is 11.9 Å². The number of halogens is 2. The highest BCUT2D eigenvalue weighted by Crippen LogP contribution is 2.21. The van der Waals surface area contributed by atoms with E-state index in [4.69, 9.17) is 10.00 Å². The van der Waals surface area contributed by atoms with Crippen LogP contribution in [-0.4, -0.2) is 12.6 Å². The summed E-state index contributed by atoms with van der Waals surface area (Å²) < 4.78 is 18.5. The first-order valence-corrected chi connectivity index (χ1v) is 5.41. The lowest BCUT2D eigenvalue weighted by atomic mass is 10.1. The van der Waals surface area contributed by atoms with Gasteiger partial charge in [0, 0.05) is 4.47 Å². The summed E-state index contributed by atoms with van der Waals surface area (Å²) in [4.78, 5) is 11.2. The fourth-order valence-electron chi connectivity index (χ4n) is 1.18. The Morgan fingerprint density at radius 3 is 2.88 bits per heavy atom. The molecule has 1 aromatic rings. The van der Waals surface area contributed by atoms with Crippen LogP contribution in [-0.2, 0) is 16.0 Å². The SMILES string of the molecule is CCOC(=O)Cc1cc(F)c(C#N)cc1Br. The summed E-state index contributed by atoms with van der Waals surface area (Å²) in [5, 5.41) is 8.60. The second-order valence-electron chi connectivity index (χ2n) is 3.02. The number of hydrogen-bond acceptors (Lipinski definition) is 3. The van der Waals surface area contributed by atoms with Crippen molar-refractivity contribution >= 4 is 21.9 Å². The molecule has 0 aliphatic carbocycles. The fourth-order valence-corrected chi connectivity index (χ4v) is 1.66. The third-order valence-corrected chi connectivity index (χ3v) is 2.63. The van der Waals surface area contributed by atoms with Crippen LogP contribution in [0, 0.1) is 17.1 Å². The van der Waals surface area contributed by atoms with Crippen molar-refractivity contribution in [3.8, 4) is 6.07 Å². The second kappa shape index (κ2) is 5.61. The Labute approximate surface area is 101 Å². The third-order valence-electron chi connectivity index (χ3n) is 1.90. The van der Waals surface area contributed by atoms with Crippen LogP contribution in [0.3, 0.4) is 0 Å². The van der Waals surface area contributed by atoms with E-state index in [1.165, 1.54) is 12.1 Å². The van der Waals surface area contributed by atoms with E-state index in [0.717, 1.165) is 0 Å². The zero-order valence-corrected chi connectivity index (χ0v) is 10.2. The molecule has 0 amide bonds. The smallest absolute Gasteiger partial charge is 0.310 e.